The Bertz CT molecular complexity index is 386. The van der Waals surface area contributed by atoms with E-state index in [1.807, 2.05) is 26.8 Å². The molecule has 0 saturated heterocycles. The number of aromatic nitrogens is 1. The third kappa shape index (κ3) is 3.35. The summed E-state index contributed by atoms with van der Waals surface area (Å²) in [6.45, 7) is 10.2. The van der Waals surface area contributed by atoms with Gasteiger partial charge in [0.15, 0.2) is 0 Å². The van der Waals surface area contributed by atoms with Gasteiger partial charge in [-0.2, -0.15) is 0 Å². The van der Waals surface area contributed by atoms with Crippen molar-refractivity contribution in [2.75, 3.05) is 6.61 Å². The molecule has 0 fully saturated rings. The van der Waals surface area contributed by atoms with E-state index in [2.05, 4.69) is 11.6 Å². The van der Waals surface area contributed by atoms with Crippen LogP contribution in [0.15, 0.2) is 18.2 Å². The first kappa shape index (κ1) is 12.7. The van der Waals surface area contributed by atoms with Gasteiger partial charge in [-0.15, -0.1) is 6.58 Å². The zero-order chi connectivity index (χ0) is 12.1. The monoisotopic (exact) mass is 221 g/mol. The molecule has 0 bridgehead atoms. The second-order valence-corrected chi connectivity index (χ2v) is 4.08. The molecular formula is C13H19NO2. The Morgan fingerprint density at radius 3 is 2.75 bits per heavy atom. The summed E-state index contributed by atoms with van der Waals surface area (Å²) < 4.78 is 5.57. The van der Waals surface area contributed by atoms with Crippen molar-refractivity contribution >= 4 is 0 Å². The maximum Gasteiger partial charge on any atom is 0.219 e. The first-order valence-corrected chi connectivity index (χ1v) is 5.39. The van der Waals surface area contributed by atoms with Crippen LogP contribution in [0, 0.1) is 13.8 Å². The molecule has 1 heterocycles. The highest BCUT2D eigenvalue weighted by molar-refractivity contribution is 5.35. The zero-order valence-corrected chi connectivity index (χ0v) is 10.2. The Morgan fingerprint density at radius 2 is 2.19 bits per heavy atom. The van der Waals surface area contributed by atoms with Gasteiger partial charge in [0.25, 0.3) is 0 Å². The fraction of sp³-hybridized carbons (Fsp3) is 0.462. The molecule has 0 amide bonds. The van der Waals surface area contributed by atoms with Crippen LogP contribution in [0.25, 0.3) is 0 Å². The molecule has 1 aromatic rings. The normalized spacial score (nSPS) is 10.2. The molecule has 0 radical (unpaired) electrons. The second-order valence-electron chi connectivity index (χ2n) is 4.08. The Hall–Kier alpha value is -1.35. The van der Waals surface area contributed by atoms with E-state index in [1.165, 1.54) is 0 Å². The van der Waals surface area contributed by atoms with Gasteiger partial charge in [-0.05, 0) is 32.4 Å². The lowest BCUT2D eigenvalue weighted by Crippen LogP contribution is -2.05. The molecule has 1 aromatic heterocycles. The van der Waals surface area contributed by atoms with Gasteiger partial charge in [-0.25, -0.2) is 4.98 Å². The second kappa shape index (κ2) is 5.66. The van der Waals surface area contributed by atoms with E-state index in [4.69, 9.17) is 4.74 Å². The largest absolute Gasteiger partial charge is 0.477 e. The number of hydrogen-bond acceptors (Lipinski definition) is 3. The summed E-state index contributed by atoms with van der Waals surface area (Å²) in [6, 6.07) is 1.94. The van der Waals surface area contributed by atoms with Gasteiger partial charge in [0, 0.05) is 17.7 Å². The van der Waals surface area contributed by atoms with Crippen molar-refractivity contribution in [3.8, 4) is 5.88 Å². The molecule has 0 atom stereocenters. The van der Waals surface area contributed by atoms with Crippen LogP contribution < -0.4 is 4.74 Å². The molecule has 16 heavy (non-hydrogen) atoms. The third-order valence-electron chi connectivity index (χ3n) is 2.36. The number of rotatable bonds is 5. The molecule has 1 N–H and O–H groups in total. The summed E-state index contributed by atoms with van der Waals surface area (Å²) in [6.07, 6.45) is 0.805. The van der Waals surface area contributed by atoms with Gasteiger partial charge in [0.1, 0.15) is 0 Å². The summed E-state index contributed by atoms with van der Waals surface area (Å²) in [5, 5.41) is 9.26. The summed E-state index contributed by atoms with van der Waals surface area (Å²) in [5.74, 6) is 0.543. The predicted molar refractivity (Wildman–Crippen MR) is 64.6 cm³/mol. The number of aryl methyl sites for hydroxylation is 2. The van der Waals surface area contributed by atoms with Crippen LogP contribution in [0.4, 0.5) is 0 Å². The maximum atomic E-state index is 9.26. The lowest BCUT2D eigenvalue weighted by Gasteiger charge is -2.12. The van der Waals surface area contributed by atoms with Crippen molar-refractivity contribution in [2.24, 2.45) is 0 Å². The van der Waals surface area contributed by atoms with Crippen molar-refractivity contribution in [3.05, 3.63) is 35.0 Å². The average Bonchev–Trinajstić information content (AvgIpc) is 2.16. The van der Waals surface area contributed by atoms with Crippen LogP contribution in [0.5, 0.6) is 5.88 Å². The van der Waals surface area contributed by atoms with Gasteiger partial charge in [0.05, 0.1) is 13.2 Å². The molecule has 0 unspecified atom stereocenters. The lowest BCUT2D eigenvalue weighted by atomic mass is 10.1. The van der Waals surface area contributed by atoms with Gasteiger partial charge in [-0.3, -0.25) is 0 Å². The molecule has 0 aliphatic rings. The third-order valence-corrected chi connectivity index (χ3v) is 2.36. The Balaban J connectivity index is 2.81. The minimum absolute atomic E-state index is 0.0402. The summed E-state index contributed by atoms with van der Waals surface area (Å²) in [5.41, 5.74) is 3.77. The predicted octanol–water partition coefficient (Wildman–Crippen LogP) is 2.54. The summed E-state index contributed by atoms with van der Waals surface area (Å²) in [4.78, 5) is 4.29. The first-order chi connectivity index (χ1) is 7.54. The Morgan fingerprint density at radius 1 is 1.50 bits per heavy atom. The molecule has 3 heteroatoms. The molecule has 0 aliphatic heterocycles. The average molecular weight is 221 g/mol. The highest BCUT2D eigenvalue weighted by Crippen LogP contribution is 2.21. The van der Waals surface area contributed by atoms with E-state index in [1.54, 1.807) is 0 Å². The first-order valence-electron chi connectivity index (χ1n) is 5.39. The molecule has 0 aromatic carbocycles. The fourth-order valence-electron chi connectivity index (χ4n) is 1.46. The number of hydrogen-bond donors (Lipinski definition) is 1. The molecule has 0 saturated carbocycles. The number of aliphatic hydroxyl groups is 1. The van der Waals surface area contributed by atoms with Gasteiger partial charge < -0.3 is 9.84 Å². The van der Waals surface area contributed by atoms with Gasteiger partial charge >= 0.3 is 0 Å². The number of nitrogens with zero attached hydrogens (tertiary/aromatic N) is 1. The molecule has 0 spiro atoms. The maximum absolute atomic E-state index is 9.26. The minimum Gasteiger partial charge on any atom is -0.477 e. The van der Waals surface area contributed by atoms with Crippen molar-refractivity contribution in [3.63, 3.8) is 0 Å². The topological polar surface area (TPSA) is 42.4 Å². The Labute approximate surface area is 96.8 Å². The van der Waals surface area contributed by atoms with Crippen LogP contribution in [0.1, 0.15) is 30.2 Å². The quantitative estimate of drug-likeness (QED) is 0.777. The SMILES string of the molecule is C=C(C)CCOc1nc(C)cc(C)c1CO. The van der Waals surface area contributed by atoms with E-state index in [0.29, 0.717) is 12.5 Å². The zero-order valence-electron chi connectivity index (χ0n) is 10.2. The molecule has 0 aliphatic carbocycles. The van der Waals surface area contributed by atoms with E-state index in [-0.39, 0.29) is 6.61 Å². The van der Waals surface area contributed by atoms with Crippen molar-refractivity contribution < 1.29 is 9.84 Å². The summed E-state index contributed by atoms with van der Waals surface area (Å²) in [7, 11) is 0. The fourth-order valence-corrected chi connectivity index (χ4v) is 1.46. The van der Waals surface area contributed by atoms with Gasteiger partial charge in [0.2, 0.25) is 5.88 Å². The van der Waals surface area contributed by atoms with Crippen molar-refractivity contribution in [2.45, 2.75) is 33.8 Å². The standard InChI is InChI=1S/C13H19NO2/c1-9(2)5-6-16-13-12(8-15)10(3)7-11(4)14-13/h7,15H,1,5-6,8H2,2-4H3. The smallest absolute Gasteiger partial charge is 0.219 e. The minimum atomic E-state index is -0.0402. The molecule has 88 valence electrons. The number of pyridine rings is 1. The van der Waals surface area contributed by atoms with Crippen LogP contribution in [0.3, 0.4) is 0 Å². The number of aliphatic hydroxyl groups excluding tert-OH is 1. The van der Waals surface area contributed by atoms with Gasteiger partial charge in [-0.1, -0.05) is 5.57 Å². The van der Waals surface area contributed by atoms with E-state index >= 15 is 0 Å². The van der Waals surface area contributed by atoms with Crippen LogP contribution in [-0.4, -0.2) is 16.7 Å². The van der Waals surface area contributed by atoms with Crippen LogP contribution in [0.2, 0.25) is 0 Å². The van der Waals surface area contributed by atoms with Crippen molar-refractivity contribution in [1.29, 1.82) is 0 Å². The van der Waals surface area contributed by atoms with E-state index in [9.17, 15) is 5.11 Å². The van der Waals surface area contributed by atoms with Crippen LogP contribution in [-0.2, 0) is 6.61 Å². The summed E-state index contributed by atoms with van der Waals surface area (Å²) >= 11 is 0. The molecule has 1 rings (SSSR count). The highest BCUT2D eigenvalue weighted by Gasteiger charge is 2.08. The van der Waals surface area contributed by atoms with Crippen LogP contribution >= 0.6 is 0 Å². The highest BCUT2D eigenvalue weighted by atomic mass is 16.5. The Kier molecular flexibility index (Phi) is 4.50. The number of ether oxygens (including phenoxy) is 1. The lowest BCUT2D eigenvalue weighted by molar-refractivity contribution is 0.257. The van der Waals surface area contributed by atoms with E-state index in [0.717, 1.165) is 28.8 Å². The molecular weight excluding hydrogens is 202 g/mol. The van der Waals surface area contributed by atoms with E-state index < -0.39 is 0 Å². The molecule has 3 nitrogen and oxygen atoms in total. The van der Waals surface area contributed by atoms with Crippen molar-refractivity contribution in [1.82, 2.24) is 4.98 Å².